The molecule has 0 aliphatic carbocycles. The quantitative estimate of drug-likeness (QED) is 0.723. The fourth-order valence-corrected chi connectivity index (χ4v) is 3.00. The van der Waals surface area contributed by atoms with Crippen LogP contribution in [0.5, 0.6) is 11.5 Å². The maximum absolute atomic E-state index is 11.7. The highest BCUT2D eigenvalue weighted by molar-refractivity contribution is 6.32. The maximum Gasteiger partial charge on any atom is 0.353 e. The van der Waals surface area contributed by atoms with E-state index in [1.54, 1.807) is 12.3 Å². The van der Waals surface area contributed by atoms with E-state index in [1.165, 1.54) is 10.6 Å². The van der Waals surface area contributed by atoms with Gasteiger partial charge in [-0.1, -0.05) is 11.6 Å². The molecule has 0 atom stereocenters. The van der Waals surface area contributed by atoms with E-state index in [0.717, 1.165) is 17.6 Å². The number of fused-ring (bicyclic) bond motifs is 2. The molecule has 0 bridgehead atoms. The zero-order valence-electron chi connectivity index (χ0n) is 12.2. The van der Waals surface area contributed by atoms with Crippen molar-refractivity contribution < 1.29 is 9.47 Å². The fraction of sp³-hybridized carbons (Fsp3) is 0.250. The minimum absolute atomic E-state index is 0.294. The van der Waals surface area contributed by atoms with Gasteiger partial charge in [-0.25, -0.2) is 9.78 Å². The van der Waals surface area contributed by atoms with Crippen LogP contribution in [-0.2, 0) is 6.54 Å². The molecule has 118 valence electrons. The van der Waals surface area contributed by atoms with Gasteiger partial charge in [-0.15, -0.1) is 0 Å². The average molecular weight is 332 g/mol. The van der Waals surface area contributed by atoms with Crippen LogP contribution in [0, 0.1) is 0 Å². The molecule has 0 spiro atoms. The molecule has 3 heterocycles. The molecule has 0 amide bonds. The second-order valence-electron chi connectivity index (χ2n) is 5.34. The van der Waals surface area contributed by atoms with Gasteiger partial charge in [0.05, 0.1) is 18.2 Å². The lowest BCUT2D eigenvalue weighted by molar-refractivity contribution is 0.297. The van der Waals surface area contributed by atoms with Crippen LogP contribution in [0.15, 0.2) is 41.6 Å². The van der Waals surface area contributed by atoms with Gasteiger partial charge in [0.2, 0.25) is 0 Å². The first-order valence-electron chi connectivity index (χ1n) is 7.33. The van der Waals surface area contributed by atoms with Gasteiger partial charge < -0.3 is 14.0 Å². The maximum atomic E-state index is 11.7. The first-order valence-corrected chi connectivity index (χ1v) is 7.71. The summed E-state index contributed by atoms with van der Waals surface area (Å²) in [5, 5.41) is 0.537. The van der Waals surface area contributed by atoms with Crippen LogP contribution in [0.2, 0.25) is 5.02 Å². The highest BCUT2D eigenvalue weighted by atomic mass is 35.5. The van der Waals surface area contributed by atoms with Gasteiger partial charge in [-0.05, 0) is 23.8 Å². The van der Waals surface area contributed by atoms with Crippen LogP contribution < -0.4 is 15.2 Å². The number of hydrogen-bond donors (Lipinski definition) is 0. The van der Waals surface area contributed by atoms with Gasteiger partial charge in [0.1, 0.15) is 5.65 Å². The van der Waals surface area contributed by atoms with Crippen molar-refractivity contribution in [2.45, 2.75) is 13.0 Å². The Hall–Kier alpha value is -2.47. The lowest BCUT2D eigenvalue weighted by atomic mass is 10.2. The number of benzene rings is 1. The van der Waals surface area contributed by atoms with Gasteiger partial charge in [-0.3, -0.25) is 4.40 Å². The third kappa shape index (κ3) is 2.55. The molecule has 6 nitrogen and oxygen atoms in total. The van der Waals surface area contributed by atoms with E-state index in [0.29, 0.717) is 36.3 Å². The van der Waals surface area contributed by atoms with Gasteiger partial charge in [0.15, 0.2) is 11.5 Å². The summed E-state index contributed by atoms with van der Waals surface area (Å²) in [4.78, 5) is 15.5. The summed E-state index contributed by atoms with van der Waals surface area (Å²) >= 11 is 6.32. The Bertz CT molecular complexity index is 932. The number of hydrogen-bond acceptors (Lipinski definition) is 4. The van der Waals surface area contributed by atoms with E-state index in [9.17, 15) is 4.79 Å². The molecule has 1 aliphatic rings. The van der Waals surface area contributed by atoms with E-state index >= 15 is 0 Å². The van der Waals surface area contributed by atoms with Crippen LogP contribution >= 0.6 is 11.6 Å². The summed E-state index contributed by atoms with van der Waals surface area (Å²) in [5.74, 6) is 1.27. The summed E-state index contributed by atoms with van der Waals surface area (Å²) in [6.45, 7) is 1.78. The third-order valence-corrected chi connectivity index (χ3v) is 4.05. The predicted molar refractivity (Wildman–Crippen MR) is 85.6 cm³/mol. The fourth-order valence-electron chi connectivity index (χ4n) is 2.71. The van der Waals surface area contributed by atoms with Crippen molar-refractivity contribution >= 4 is 17.2 Å². The van der Waals surface area contributed by atoms with Crippen LogP contribution in [0.3, 0.4) is 0 Å². The van der Waals surface area contributed by atoms with Gasteiger partial charge >= 0.3 is 5.69 Å². The van der Waals surface area contributed by atoms with E-state index in [2.05, 4.69) is 4.98 Å². The Morgan fingerprint density at radius 1 is 1.22 bits per heavy atom. The molecule has 0 saturated carbocycles. The van der Waals surface area contributed by atoms with Crippen molar-refractivity contribution in [3.63, 3.8) is 0 Å². The summed E-state index contributed by atoms with van der Waals surface area (Å²) in [6, 6.07) is 5.60. The van der Waals surface area contributed by atoms with E-state index in [-0.39, 0.29) is 5.69 Å². The zero-order valence-corrected chi connectivity index (χ0v) is 13.0. The lowest BCUT2D eigenvalue weighted by Crippen LogP contribution is -2.15. The van der Waals surface area contributed by atoms with E-state index in [1.807, 2.05) is 22.9 Å². The Morgan fingerprint density at radius 2 is 2.09 bits per heavy atom. The Balaban J connectivity index is 1.73. The van der Waals surface area contributed by atoms with Gasteiger partial charge in [0, 0.05) is 31.6 Å². The van der Waals surface area contributed by atoms with Gasteiger partial charge in [-0.2, -0.15) is 0 Å². The topological polar surface area (TPSA) is 57.8 Å². The van der Waals surface area contributed by atoms with Crippen LogP contribution in [0.25, 0.3) is 5.65 Å². The number of aromatic nitrogens is 3. The Labute approximate surface area is 136 Å². The van der Waals surface area contributed by atoms with E-state index in [4.69, 9.17) is 21.1 Å². The first kappa shape index (κ1) is 14.1. The van der Waals surface area contributed by atoms with Crippen molar-refractivity contribution in [1.82, 2.24) is 14.0 Å². The smallest absolute Gasteiger partial charge is 0.353 e. The van der Waals surface area contributed by atoms with Crippen LogP contribution in [0.4, 0.5) is 0 Å². The van der Waals surface area contributed by atoms with Crippen molar-refractivity contribution in [3.8, 4) is 11.5 Å². The van der Waals surface area contributed by atoms with Crippen molar-refractivity contribution in [3.05, 3.63) is 57.9 Å². The normalized spacial score (nSPS) is 14.0. The molecule has 2 aromatic heterocycles. The molecule has 23 heavy (non-hydrogen) atoms. The van der Waals surface area contributed by atoms with Crippen LogP contribution in [-0.4, -0.2) is 27.2 Å². The molecule has 4 rings (SSSR count). The number of imidazole rings is 1. The largest absolute Gasteiger partial charge is 0.489 e. The lowest BCUT2D eigenvalue weighted by Gasteiger charge is -2.12. The summed E-state index contributed by atoms with van der Waals surface area (Å²) in [5.41, 5.74) is 1.45. The average Bonchev–Trinajstić information content (AvgIpc) is 2.78. The highest BCUT2D eigenvalue weighted by Crippen LogP contribution is 2.38. The van der Waals surface area contributed by atoms with Crippen molar-refractivity contribution in [1.29, 1.82) is 0 Å². The molecule has 0 fully saturated rings. The van der Waals surface area contributed by atoms with Crippen LogP contribution in [0.1, 0.15) is 12.0 Å². The summed E-state index contributed by atoms with van der Waals surface area (Å²) < 4.78 is 14.8. The number of nitrogens with zero attached hydrogens (tertiary/aromatic N) is 3. The van der Waals surface area contributed by atoms with Crippen molar-refractivity contribution in [2.75, 3.05) is 13.2 Å². The molecule has 7 heteroatoms. The summed E-state index contributed by atoms with van der Waals surface area (Å²) in [6.07, 6.45) is 5.89. The molecule has 0 saturated heterocycles. The number of rotatable bonds is 2. The predicted octanol–water partition coefficient (Wildman–Crippen LogP) is 2.36. The van der Waals surface area contributed by atoms with Crippen molar-refractivity contribution in [2.24, 2.45) is 0 Å². The Morgan fingerprint density at radius 3 is 3.00 bits per heavy atom. The third-order valence-electron chi connectivity index (χ3n) is 3.77. The minimum atomic E-state index is -0.294. The molecular formula is C16H14ClN3O3. The Kier molecular flexibility index (Phi) is 3.46. The first-order chi connectivity index (χ1) is 11.2. The standard InChI is InChI=1S/C16H14ClN3O3/c17-12-8-11(9-13-15(12)23-7-1-6-22-13)10-19-4-5-20-14(19)2-3-18-16(20)21/h2-5,8-9H,1,6-7,10H2. The van der Waals surface area contributed by atoms with E-state index < -0.39 is 0 Å². The molecule has 0 N–H and O–H groups in total. The second-order valence-corrected chi connectivity index (χ2v) is 5.74. The second kappa shape index (κ2) is 5.62. The number of ether oxygens (including phenoxy) is 2. The molecular weight excluding hydrogens is 318 g/mol. The SMILES string of the molecule is O=c1nccc2n(Cc3cc(Cl)c4c(c3)OCCCO4)ccn12. The molecule has 1 aliphatic heterocycles. The minimum Gasteiger partial charge on any atom is -0.489 e. The highest BCUT2D eigenvalue weighted by Gasteiger charge is 2.16. The van der Waals surface area contributed by atoms with Gasteiger partial charge in [0.25, 0.3) is 0 Å². The molecule has 3 aromatic rings. The molecule has 1 aromatic carbocycles. The molecule has 0 radical (unpaired) electrons. The number of halogens is 1. The zero-order chi connectivity index (χ0) is 15.8. The monoisotopic (exact) mass is 331 g/mol. The summed E-state index contributed by atoms with van der Waals surface area (Å²) in [7, 11) is 0. The molecule has 0 unspecified atom stereocenters.